The van der Waals surface area contributed by atoms with E-state index in [9.17, 15) is 13.5 Å². The van der Waals surface area contributed by atoms with Gasteiger partial charge in [0.05, 0.1) is 17.7 Å². The van der Waals surface area contributed by atoms with Crippen LogP contribution in [0.3, 0.4) is 0 Å². The van der Waals surface area contributed by atoms with E-state index in [-0.39, 0.29) is 22.1 Å². The molecule has 0 bridgehead atoms. The van der Waals surface area contributed by atoms with Gasteiger partial charge in [0.15, 0.2) is 11.5 Å². The summed E-state index contributed by atoms with van der Waals surface area (Å²) >= 11 is 0. The van der Waals surface area contributed by atoms with E-state index in [0.29, 0.717) is 5.56 Å². The van der Waals surface area contributed by atoms with Crippen LogP contribution in [0.4, 0.5) is 5.69 Å². The first-order valence-electron chi connectivity index (χ1n) is 6.30. The fourth-order valence-electron chi connectivity index (χ4n) is 1.96. The Hall–Kier alpha value is -2.21. The van der Waals surface area contributed by atoms with E-state index in [1.807, 2.05) is 13.0 Å². The van der Waals surface area contributed by atoms with Gasteiger partial charge in [-0.05, 0) is 43.2 Å². The highest BCUT2D eigenvalue weighted by Crippen LogP contribution is 2.30. The number of sulfonamides is 1. The maximum atomic E-state index is 12.4. The zero-order chi connectivity index (χ0) is 15.6. The third-order valence-electron chi connectivity index (χ3n) is 3.06. The summed E-state index contributed by atoms with van der Waals surface area (Å²) in [6.45, 7) is 3.57. The first-order chi connectivity index (χ1) is 9.83. The van der Waals surface area contributed by atoms with Gasteiger partial charge in [-0.15, -0.1) is 0 Å². The van der Waals surface area contributed by atoms with E-state index >= 15 is 0 Å². The number of hydrogen-bond donors (Lipinski definition) is 2. The predicted octanol–water partition coefficient (Wildman–Crippen LogP) is 2.82. The number of aromatic hydroxyl groups is 1. The van der Waals surface area contributed by atoms with Gasteiger partial charge >= 0.3 is 0 Å². The Kier molecular flexibility index (Phi) is 4.09. The molecule has 0 spiro atoms. The summed E-state index contributed by atoms with van der Waals surface area (Å²) in [5, 5.41) is 9.70. The lowest BCUT2D eigenvalue weighted by Gasteiger charge is -2.12. The van der Waals surface area contributed by atoms with Crippen molar-refractivity contribution in [2.45, 2.75) is 18.7 Å². The van der Waals surface area contributed by atoms with Gasteiger partial charge in [-0.2, -0.15) is 0 Å². The van der Waals surface area contributed by atoms with Gasteiger partial charge in [0, 0.05) is 6.07 Å². The highest BCUT2D eigenvalue weighted by atomic mass is 32.2. The number of hydrogen-bond acceptors (Lipinski definition) is 4. The summed E-state index contributed by atoms with van der Waals surface area (Å²) in [7, 11) is -2.28. The average molecular weight is 307 g/mol. The van der Waals surface area contributed by atoms with Crippen LogP contribution in [-0.4, -0.2) is 20.6 Å². The molecule has 0 saturated carbocycles. The van der Waals surface area contributed by atoms with Gasteiger partial charge in [0.2, 0.25) is 0 Å². The molecule has 112 valence electrons. The number of phenolic OH excluding ortho intramolecular Hbond substituents is 1. The van der Waals surface area contributed by atoms with E-state index < -0.39 is 10.0 Å². The van der Waals surface area contributed by atoms with Crippen LogP contribution in [0.25, 0.3) is 0 Å². The SMILES string of the molecule is COc1ccc(NS(=O)(=O)c2cc(C)ccc2C)cc1O. The summed E-state index contributed by atoms with van der Waals surface area (Å²) < 4.78 is 32.2. The molecule has 0 unspecified atom stereocenters. The standard InChI is InChI=1S/C15H17NO4S/c1-10-4-5-11(2)15(8-10)21(18,19)16-12-6-7-14(20-3)13(17)9-12/h4-9,16-17H,1-3H3. The van der Waals surface area contributed by atoms with Gasteiger partial charge in [-0.1, -0.05) is 12.1 Å². The van der Waals surface area contributed by atoms with Crippen molar-refractivity contribution >= 4 is 15.7 Å². The van der Waals surface area contributed by atoms with Crippen LogP contribution >= 0.6 is 0 Å². The number of nitrogens with one attached hydrogen (secondary N) is 1. The monoisotopic (exact) mass is 307 g/mol. The maximum Gasteiger partial charge on any atom is 0.262 e. The molecular formula is C15H17NO4S. The Labute approximate surface area is 124 Å². The number of anilines is 1. The molecule has 0 aliphatic rings. The van der Waals surface area contributed by atoms with Crippen LogP contribution in [0.2, 0.25) is 0 Å². The van der Waals surface area contributed by atoms with Crippen molar-refractivity contribution < 1.29 is 18.3 Å². The van der Waals surface area contributed by atoms with Crippen LogP contribution in [0.5, 0.6) is 11.5 Å². The molecule has 0 atom stereocenters. The summed E-state index contributed by atoms with van der Waals surface area (Å²) in [6.07, 6.45) is 0. The number of rotatable bonds is 4. The van der Waals surface area contributed by atoms with Gasteiger partial charge in [-0.25, -0.2) is 8.42 Å². The molecule has 0 fully saturated rings. The Morgan fingerprint density at radius 3 is 2.43 bits per heavy atom. The van der Waals surface area contributed by atoms with E-state index in [2.05, 4.69) is 4.72 Å². The highest BCUT2D eigenvalue weighted by molar-refractivity contribution is 7.92. The molecule has 2 rings (SSSR count). The number of ether oxygens (including phenoxy) is 1. The molecule has 6 heteroatoms. The van der Waals surface area contributed by atoms with Crippen molar-refractivity contribution in [3.63, 3.8) is 0 Å². The van der Waals surface area contributed by atoms with Crippen LogP contribution in [0, 0.1) is 13.8 Å². The average Bonchev–Trinajstić information content (AvgIpc) is 2.41. The van der Waals surface area contributed by atoms with Gasteiger partial charge in [-0.3, -0.25) is 4.72 Å². The van der Waals surface area contributed by atoms with E-state index in [1.54, 1.807) is 19.1 Å². The lowest BCUT2D eigenvalue weighted by molar-refractivity contribution is 0.373. The van der Waals surface area contributed by atoms with Gasteiger partial charge in [0.25, 0.3) is 10.0 Å². The van der Waals surface area contributed by atoms with Crippen molar-refractivity contribution in [3.05, 3.63) is 47.5 Å². The van der Waals surface area contributed by atoms with Crippen molar-refractivity contribution in [3.8, 4) is 11.5 Å². The summed E-state index contributed by atoms with van der Waals surface area (Å²) in [5.74, 6) is 0.156. The van der Waals surface area contributed by atoms with E-state index in [0.717, 1.165) is 5.56 Å². The lowest BCUT2D eigenvalue weighted by atomic mass is 10.2. The van der Waals surface area contributed by atoms with Crippen molar-refractivity contribution in [2.75, 3.05) is 11.8 Å². The summed E-state index contributed by atoms with van der Waals surface area (Å²) in [5.41, 5.74) is 1.79. The molecule has 21 heavy (non-hydrogen) atoms. The minimum absolute atomic E-state index is 0.126. The number of aryl methyl sites for hydroxylation is 2. The predicted molar refractivity (Wildman–Crippen MR) is 81.4 cm³/mol. The van der Waals surface area contributed by atoms with Crippen molar-refractivity contribution in [1.29, 1.82) is 0 Å². The van der Waals surface area contributed by atoms with Crippen LogP contribution in [-0.2, 0) is 10.0 Å². The zero-order valence-electron chi connectivity index (χ0n) is 12.0. The molecule has 0 saturated heterocycles. The second-order valence-electron chi connectivity index (χ2n) is 4.76. The molecule has 0 amide bonds. The van der Waals surface area contributed by atoms with Crippen LogP contribution < -0.4 is 9.46 Å². The largest absolute Gasteiger partial charge is 0.504 e. The lowest BCUT2D eigenvalue weighted by Crippen LogP contribution is -2.14. The Morgan fingerprint density at radius 2 is 1.81 bits per heavy atom. The third kappa shape index (κ3) is 3.28. The van der Waals surface area contributed by atoms with E-state index in [1.165, 1.54) is 25.3 Å². The molecular weight excluding hydrogens is 290 g/mol. The Morgan fingerprint density at radius 1 is 1.10 bits per heavy atom. The molecule has 0 aliphatic carbocycles. The van der Waals surface area contributed by atoms with Crippen LogP contribution in [0.15, 0.2) is 41.3 Å². The molecule has 2 N–H and O–H groups in total. The fraction of sp³-hybridized carbons (Fsp3) is 0.200. The molecule has 5 nitrogen and oxygen atoms in total. The zero-order valence-corrected chi connectivity index (χ0v) is 12.9. The normalized spacial score (nSPS) is 11.2. The van der Waals surface area contributed by atoms with E-state index in [4.69, 9.17) is 4.74 Å². The minimum Gasteiger partial charge on any atom is -0.504 e. The summed E-state index contributed by atoms with van der Waals surface area (Å²) in [6, 6.07) is 9.56. The topological polar surface area (TPSA) is 75.6 Å². The molecule has 0 aromatic heterocycles. The van der Waals surface area contributed by atoms with Crippen LogP contribution in [0.1, 0.15) is 11.1 Å². The van der Waals surface area contributed by atoms with Crippen molar-refractivity contribution in [2.24, 2.45) is 0 Å². The summed E-state index contributed by atoms with van der Waals surface area (Å²) in [4.78, 5) is 0.220. The smallest absolute Gasteiger partial charge is 0.262 e. The minimum atomic E-state index is -3.70. The van der Waals surface area contributed by atoms with Crippen molar-refractivity contribution in [1.82, 2.24) is 0 Å². The Bertz CT molecular complexity index is 769. The third-order valence-corrected chi connectivity index (χ3v) is 4.59. The molecule has 0 radical (unpaired) electrons. The number of methoxy groups -OCH3 is 1. The number of benzene rings is 2. The first-order valence-corrected chi connectivity index (χ1v) is 7.79. The number of phenols is 1. The maximum absolute atomic E-state index is 12.4. The Balaban J connectivity index is 2.37. The molecule has 0 heterocycles. The highest BCUT2D eigenvalue weighted by Gasteiger charge is 2.17. The quantitative estimate of drug-likeness (QED) is 0.910. The molecule has 0 aliphatic heterocycles. The molecule has 2 aromatic rings. The van der Waals surface area contributed by atoms with Gasteiger partial charge < -0.3 is 9.84 Å². The first kappa shape index (κ1) is 15.2. The molecule has 2 aromatic carbocycles. The fourth-order valence-corrected chi connectivity index (χ4v) is 3.34. The second kappa shape index (κ2) is 5.65. The second-order valence-corrected chi connectivity index (χ2v) is 6.41. The van der Waals surface area contributed by atoms with Gasteiger partial charge in [0.1, 0.15) is 0 Å².